The van der Waals surface area contributed by atoms with Crippen molar-refractivity contribution in [3.8, 4) is 0 Å². The number of hydrogen-bond acceptors (Lipinski definition) is 4. The lowest BCUT2D eigenvalue weighted by atomic mass is 10.1. The summed E-state index contributed by atoms with van der Waals surface area (Å²) in [6.07, 6.45) is 2.91. The van der Waals surface area contributed by atoms with Gasteiger partial charge < -0.3 is 10.6 Å². The summed E-state index contributed by atoms with van der Waals surface area (Å²) >= 11 is 7.42. The number of amides is 1. The number of fused-ring (bicyclic) bond motifs is 1. The van der Waals surface area contributed by atoms with Gasteiger partial charge in [0.05, 0.1) is 0 Å². The largest absolute Gasteiger partial charge is 0.349 e. The van der Waals surface area contributed by atoms with Crippen LogP contribution in [0.3, 0.4) is 0 Å². The Morgan fingerprint density at radius 2 is 2.50 bits per heavy atom. The van der Waals surface area contributed by atoms with Gasteiger partial charge in [0.1, 0.15) is 0 Å². The predicted octanol–water partition coefficient (Wildman–Crippen LogP) is 1.56. The van der Waals surface area contributed by atoms with Crippen molar-refractivity contribution in [1.29, 1.82) is 0 Å². The van der Waals surface area contributed by atoms with Crippen molar-refractivity contribution in [2.24, 2.45) is 0 Å². The Morgan fingerprint density at radius 1 is 1.72 bits per heavy atom. The fourth-order valence-corrected chi connectivity index (χ4v) is 2.81. The van der Waals surface area contributed by atoms with E-state index in [0.717, 1.165) is 17.9 Å². The van der Waals surface area contributed by atoms with E-state index in [2.05, 4.69) is 15.6 Å². The highest BCUT2D eigenvalue weighted by molar-refractivity contribution is 7.15. The molecule has 0 spiro atoms. The second-order valence-electron chi connectivity index (χ2n) is 3.96. The molecule has 1 atom stereocenters. The quantitative estimate of drug-likeness (QED) is 0.905. The van der Waals surface area contributed by atoms with Crippen molar-refractivity contribution < 1.29 is 4.79 Å². The van der Waals surface area contributed by atoms with Crippen LogP contribution in [0.5, 0.6) is 0 Å². The van der Waals surface area contributed by atoms with E-state index in [1.807, 2.05) is 5.38 Å². The summed E-state index contributed by atoms with van der Waals surface area (Å²) in [4.78, 5) is 16.9. The number of nitrogens with zero attached hydrogens (tertiary/aromatic N) is 2. The van der Waals surface area contributed by atoms with E-state index in [0.29, 0.717) is 18.3 Å². The highest BCUT2D eigenvalue weighted by Crippen LogP contribution is 2.21. The molecule has 3 rings (SSSR count). The van der Waals surface area contributed by atoms with Crippen LogP contribution in [0.4, 0.5) is 0 Å². The summed E-state index contributed by atoms with van der Waals surface area (Å²) in [6.45, 7) is 1.66. The van der Waals surface area contributed by atoms with Crippen LogP contribution in [0.15, 0.2) is 11.6 Å². The first-order chi connectivity index (χ1) is 8.25. The molecule has 0 radical (unpaired) electrons. The molecule has 1 aliphatic rings. The molecule has 98 valence electrons. The van der Waals surface area contributed by atoms with Crippen LogP contribution in [0.2, 0.25) is 5.15 Å². The number of halogens is 2. The van der Waals surface area contributed by atoms with Crippen LogP contribution in [0, 0.1) is 0 Å². The van der Waals surface area contributed by atoms with Crippen molar-refractivity contribution in [1.82, 2.24) is 20.0 Å². The smallest absolute Gasteiger partial charge is 0.271 e. The minimum absolute atomic E-state index is 0. The van der Waals surface area contributed by atoms with Crippen molar-refractivity contribution in [3.63, 3.8) is 0 Å². The summed E-state index contributed by atoms with van der Waals surface area (Å²) in [5.74, 6) is -0.172. The number of aromatic nitrogens is 2. The zero-order valence-corrected chi connectivity index (χ0v) is 11.7. The van der Waals surface area contributed by atoms with E-state index >= 15 is 0 Å². The van der Waals surface area contributed by atoms with Crippen molar-refractivity contribution in [2.45, 2.75) is 12.5 Å². The van der Waals surface area contributed by atoms with Crippen LogP contribution in [-0.2, 0) is 0 Å². The van der Waals surface area contributed by atoms with E-state index in [9.17, 15) is 4.79 Å². The van der Waals surface area contributed by atoms with Crippen LogP contribution in [-0.4, -0.2) is 34.4 Å². The number of imidazole rings is 1. The van der Waals surface area contributed by atoms with E-state index in [1.54, 1.807) is 10.6 Å². The van der Waals surface area contributed by atoms with E-state index in [4.69, 9.17) is 11.6 Å². The Kier molecular flexibility index (Phi) is 4.11. The van der Waals surface area contributed by atoms with E-state index < -0.39 is 0 Å². The van der Waals surface area contributed by atoms with Crippen LogP contribution in [0.25, 0.3) is 4.96 Å². The number of thiazole rings is 1. The summed E-state index contributed by atoms with van der Waals surface area (Å²) in [5.41, 5.74) is 0.419. The van der Waals surface area contributed by atoms with Gasteiger partial charge in [-0.2, -0.15) is 0 Å². The van der Waals surface area contributed by atoms with Gasteiger partial charge >= 0.3 is 0 Å². The number of carbonyl (C=O) groups excluding carboxylic acids is 1. The summed E-state index contributed by atoms with van der Waals surface area (Å²) < 4.78 is 1.72. The standard InChI is InChI=1S/C10H11ClN4OS.ClH/c11-8-7(15-3-4-17-10(15)14-8)9(16)13-5-6-1-2-12-6;/h3-4,6,12H,1-2,5H2,(H,13,16);1H. The Labute approximate surface area is 119 Å². The number of rotatable bonds is 3. The number of nitrogens with one attached hydrogen (secondary N) is 2. The zero-order chi connectivity index (χ0) is 11.8. The lowest BCUT2D eigenvalue weighted by Gasteiger charge is -2.27. The lowest BCUT2D eigenvalue weighted by molar-refractivity contribution is 0.0939. The zero-order valence-electron chi connectivity index (χ0n) is 9.35. The second kappa shape index (κ2) is 5.44. The minimum atomic E-state index is -0.172. The molecule has 2 N–H and O–H groups in total. The SMILES string of the molecule is Cl.O=C(NCC1CCN1)c1c(Cl)nc2sccn12. The Balaban J connectivity index is 0.00000120. The molecule has 18 heavy (non-hydrogen) atoms. The first-order valence-corrected chi connectivity index (χ1v) is 6.64. The molecular weight excluding hydrogens is 295 g/mol. The fraction of sp³-hybridized carbons (Fsp3) is 0.400. The first-order valence-electron chi connectivity index (χ1n) is 5.38. The molecule has 1 amide bonds. The van der Waals surface area contributed by atoms with Gasteiger partial charge in [-0.25, -0.2) is 4.98 Å². The molecule has 8 heteroatoms. The molecule has 1 aliphatic heterocycles. The molecule has 0 aromatic carbocycles. The molecule has 3 heterocycles. The lowest BCUT2D eigenvalue weighted by Crippen LogP contribution is -2.50. The van der Waals surface area contributed by atoms with Crippen molar-refractivity contribution in [3.05, 3.63) is 22.4 Å². The van der Waals surface area contributed by atoms with Gasteiger partial charge in [0, 0.05) is 24.2 Å². The maximum atomic E-state index is 12.0. The molecular formula is C10H12Cl2N4OS. The normalized spacial score (nSPS) is 18.2. The molecule has 0 bridgehead atoms. The van der Waals surface area contributed by atoms with E-state index in [-0.39, 0.29) is 23.5 Å². The first kappa shape index (κ1) is 13.6. The third-order valence-electron chi connectivity index (χ3n) is 2.87. The average molecular weight is 307 g/mol. The van der Waals surface area contributed by atoms with Crippen molar-refractivity contribution in [2.75, 3.05) is 13.1 Å². The van der Waals surface area contributed by atoms with Crippen LogP contribution < -0.4 is 10.6 Å². The van der Waals surface area contributed by atoms with Gasteiger partial charge in [-0.05, 0) is 13.0 Å². The Bertz CT molecular complexity index is 563. The average Bonchev–Trinajstić information content (AvgIpc) is 2.74. The predicted molar refractivity (Wildman–Crippen MR) is 74.1 cm³/mol. The van der Waals surface area contributed by atoms with Gasteiger partial charge in [-0.15, -0.1) is 23.7 Å². The highest BCUT2D eigenvalue weighted by atomic mass is 35.5. The molecule has 0 saturated carbocycles. The molecule has 1 unspecified atom stereocenters. The summed E-state index contributed by atoms with van der Waals surface area (Å²) in [5, 5.41) is 8.23. The van der Waals surface area contributed by atoms with Crippen LogP contribution >= 0.6 is 35.3 Å². The third kappa shape index (κ3) is 2.33. The monoisotopic (exact) mass is 306 g/mol. The van der Waals surface area contributed by atoms with Crippen LogP contribution in [0.1, 0.15) is 16.9 Å². The Hall–Kier alpha value is -0.820. The third-order valence-corrected chi connectivity index (χ3v) is 3.89. The second-order valence-corrected chi connectivity index (χ2v) is 5.19. The summed E-state index contributed by atoms with van der Waals surface area (Å²) in [7, 11) is 0. The van der Waals surface area contributed by atoms with Gasteiger partial charge in [0.2, 0.25) is 0 Å². The molecule has 0 aliphatic carbocycles. The van der Waals surface area contributed by atoms with Gasteiger partial charge in [-0.1, -0.05) is 11.6 Å². The minimum Gasteiger partial charge on any atom is -0.349 e. The maximum absolute atomic E-state index is 12.0. The number of carbonyl (C=O) groups is 1. The molecule has 2 aromatic rings. The molecule has 1 fully saturated rings. The maximum Gasteiger partial charge on any atom is 0.271 e. The van der Waals surface area contributed by atoms with E-state index in [1.165, 1.54) is 11.3 Å². The highest BCUT2D eigenvalue weighted by Gasteiger charge is 2.21. The molecule has 1 saturated heterocycles. The fourth-order valence-electron chi connectivity index (χ4n) is 1.78. The number of hydrogen-bond donors (Lipinski definition) is 2. The molecule has 5 nitrogen and oxygen atoms in total. The summed E-state index contributed by atoms with van der Waals surface area (Å²) in [6, 6.07) is 0.392. The topological polar surface area (TPSA) is 58.4 Å². The Morgan fingerprint density at radius 3 is 3.17 bits per heavy atom. The molecule has 2 aromatic heterocycles. The van der Waals surface area contributed by atoms with Gasteiger partial charge in [0.15, 0.2) is 15.8 Å². The van der Waals surface area contributed by atoms with Gasteiger partial charge in [-0.3, -0.25) is 9.20 Å². The van der Waals surface area contributed by atoms with Crippen molar-refractivity contribution >= 4 is 46.2 Å². The van der Waals surface area contributed by atoms with Gasteiger partial charge in [0.25, 0.3) is 5.91 Å².